The van der Waals surface area contributed by atoms with E-state index in [0.717, 1.165) is 12.8 Å². The van der Waals surface area contributed by atoms with Crippen molar-refractivity contribution >= 4 is 17.5 Å². The van der Waals surface area contributed by atoms with Crippen LogP contribution in [-0.4, -0.2) is 16.0 Å². The Bertz CT molecular complexity index is 569. The molecule has 0 saturated carbocycles. The van der Waals surface area contributed by atoms with Crippen molar-refractivity contribution in [1.82, 2.24) is 15.5 Å². The molecule has 1 heterocycles. The number of hydrogen-bond acceptors (Lipinski definition) is 4. The summed E-state index contributed by atoms with van der Waals surface area (Å²) in [4.78, 5) is 16.1. The van der Waals surface area contributed by atoms with Gasteiger partial charge in [0.2, 0.25) is 5.89 Å². The number of benzene rings is 1. The van der Waals surface area contributed by atoms with Gasteiger partial charge in [0, 0.05) is 6.42 Å². The molecule has 1 N–H and O–H groups in total. The van der Waals surface area contributed by atoms with Gasteiger partial charge < -0.3 is 9.84 Å². The van der Waals surface area contributed by atoms with Crippen molar-refractivity contribution in [2.45, 2.75) is 26.3 Å². The molecule has 0 fully saturated rings. The predicted octanol–water partition coefficient (Wildman–Crippen LogP) is 2.61. The Morgan fingerprint density at radius 2 is 2.21 bits per heavy atom. The molecule has 0 aliphatic heterocycles. The van der Waals surface area contributed by atoms with Crippen LogP contribution in [0.5, 0.6) is 0 Å². The molecule has 100 valence electrons. The fraction of sp³-hybridized carbons (Fsp3) is 0.308. The second kappa shape index (κ2) is 6.33. The van der Waals surface area contributed by atoms with Crippen molar-refractivity contribution in [3.05, 3.63) is 46.6 Å². The van der Waals surface area contributed by atoms with Gasteiger partial charge in [0.25, 0.3) is 5.91 Å². The van der Waals surface area contributed by atoms with Crippen molar-refractivity contribution in [1.29, 1.82) is 0 Å². The van der Waals surface area contributed by atoms with Crippen LogP contribution in [0, 0.1) is 0 Å². The average Bonchev–Trinajstić information content (AvgIpc) is 2.85. The van der Waals surface area contributed by atoms with Gasteiger partial charge in [-0.3, -0.25) is 4.79 Å². The van der Waals surface area contributed by atoms with Gasteiger partial charge >= 0.3 is 0 Å². The number of amides is 1. The Kier molecular flexibility index (Phi) is 4.52. The summed E-state index contributed by atoms with van der Waals surface area (Å²) in [7, 11) is 0. The summed E-state index contributed by atoms with van der Waals surface area (Å²) < 4.78 is 5.03. The van der Waals surface area contributed by atoms with Crippen molar-refractivity contribution in [3.8, 4) is 0 Å². The van der Waals surface area contributed by atoms with E-state index in [4.69, 9.17) is 16.1 Å². The van der Waals surface area contributed by atoms with Crippen LogP contribution in [0.2, 0.25) is 5.02 Å². The number of nitrogens with one attached hydrogen (secondary N) is 1. The van der Waals surface area contributed by atoms with Gasteiger partial charge in [-0.1, -0.05) is 35.8 Å². The fourth-order valence-corrected chi connectivity index (χ4v) is 1.80. The molecule has 0 radical (unpaired) electrons. The third-order valence-electron chi connectivity index (χ3n) is 2.50. The molecule has 2 aromatic rings. The summed E-state index contributed by atoms with van der Waals surface area (Å²) in [5.41, 5.74) is 0.432. The first-order valence-electron chi connectivity index (χ1n) is 6.05. The number of hydrogen-bond donors (Lipinski definition) is 1. The summed E-state index contributed by atoms with van der Waals surface area (Å²) >= 11 is 5.94. The highest BCUT2D eigenvalue weighted by Crippen LogP contribution is 2.14. The Morgan fingerprint density at radius 3 is 2.95 bits per heavy atom. The lowest BCUT2D eigenvalue weighted by Crippen LogP contribution is -2.23. The van der Waals surface area contributed by atoms with Crippen LogP contribution in [0.15, 0.2) is 28.8 Å². The SMILES string of the molecule is CCCc1nc(CNC(=O)c2ccccc2Cl)no1. The van der Waals surface area contributed by atoms with Crippen LogP contribution in [0.1, 0.15) is 35.4 Å². The van der Waals surface area contributed by atoms with Gasteiger partial charge in [-0.05, 0) is 18.6 Å². The highest BCUT2D eigenvalue weighted by atomic mass is 35.5. The number of halogens is 1. The van der Waals surface area contributed by atoms with Crippen molar-refractivity contribution in [3.63, 3.8) is 0 Å². The van der Waals surface area contributed by atoms with Gasteiger partial charge in [-0.2, -0.15) is 4.98 Å². The summed E-state index contributed by atoms with van der Waals surface area (Å²) in [5.74, 6) is 0.792. The molecule has 1 aromatic heterocycles. The molecule has 0 atom stereocenters. The molecule has 0 aliphatic carbocycles. The van der Waals surface area contributed by atoms with E-state index in [-0.39, 0.29) is 12.5 Å². The molecular formula is C13H14ClN3O2. The second-order valence-corrected chi connectivity index (χ2v) is 4.42. The smallest absolute Gasteiger partial charge is 0.253 e. The van der Waals surface area contributed by atoms with Gasteiger partial charge in [0.1, 0.15) is 0 Å². The van der Waals surface area contributed by atoms with Crippen molar-refractivity contribution in [2.24, 2.45) is 0 Å². The van der Waals surface area contributed by atoms with E-state index >= 15 is 0 Å². The van der Waals surface area contributed by atoms with E-state index in [0.29, 0.717) is 22.3 Å². The molecule has 2 rings (SSSR count). The predicted molar refractivity (Wildman–Crippen MR) is 70.9 cm³/mol. The summed E-state index contributed by atoms with van der Waals surface area (Å²) in [6.45, 7) is 2.25. The van der Waals surface area contributed by atoms with E-state index in [1.165, 1.54) is 0 Å². The first-order valence-corrected chi connectivity index (χ1v) is 6.42. The lowest BCUT2D eigenvalue weighted by molar-refractivity contribution is 0.0950. The molecule has 1 amide bonds. The highest BCUT2D eigenvalue weighted by Gasteiger charge is 2.11. The third kappa shape index (κ3) is 3.54. The Hall–Kier alpha value is -1.88. The zero-order valence-electron chi connectivity index (χ0n) is 10.5. The molecule has 0 saturated heterocycles. The molecular weight excluding hydrogens is 266 g/mol. The van der Waals surface area contributed by atoms with Gasteiger partial charge in [-0.15, -0.1) is 0 Å². The molecule has 0 spiro atoms. The Morgan fingerprint density at radius 1 is 1.42 bits per heavy atom. The minimum atomic E-state index is -0.257. The third-order valence-corrected chi connectivity index (χ3v) is 2.83. The van der Waals surface area contributed by atoms with Gasteiger partial charge in [-0.25, -0.2) is 0 Å². The normalized spacial score (nSPS) is 10.4. The van der Waals surface area contributed by atoms with Crippen LogP contribution in [-0.2, 0) is 13.0 Å². The molecule has 0 unspecified atom stereocenters. The largest absolute Gasteiger partial charge is 0.345 e. The number of carbonyl (C=O) groups is 1. The highest BCUT2D eigenvalue weighted by molar-refractivity contribution is 6.33. The maximum absolute atomic E-state index is 11.9. The number of aromatic nitrogens is 2. The molecule has 0 aliphatic rings. The van der Waals surface area contributed by atoms with Crippen LogP contribution in [0.3, 0.4) is 0 Å². The van der Waals surface area contributed by atoms with Crippen molar-refractivity contribution < 1.29 is 9.32 Å². The average molecular weight is 280 g/mol. The number of rotatable bonds is 5. The standard InChI is InChI=1S/C13H14ClN3O2/c1-2-5-12-16-11(17-19-12)8-15-13(18)9-6-3-4-7-10(9)14/h3-4,6-7H,2,5,8H2,1H3,(H,15,18). The Labute approximate surface area is 116 Å². The molecule has 1 aromatic carbocycles. The van der Waals surface area contributed by atoms with Gasteiger partial charge in [0.05, 0.1) is 17.1 Å². The van der Waals surface area contributed by atoms with Crippen molar-refractivity contribution in [2.75, 3.05) is 0 Å². The topological polar surface area (TPSA) is 68.0 Å². The summed E-state index contributed by atoms with van der Waals surface area (Å²) in [5, 5.41) is 6.91. The van der Waals surface area contributed by atoms with E-state index in [1.807, 2.05) is 6.92 Å². The number of carbonyl (C=O) groups excluding carboxylic acids is 1. The molecule has 19 heavy (non-hydrogen) atoms. The quantitative estimate of drug-likeness (QED) is 0.913. The summed E-state index contributed by atoms with van der Waals surface area (Å²) in [6, 6.07) is 6.87. The van der Waals surface area contributed by atoms with Crippen LogP contribution >= 0.6 is 11.6 Å². The molecule has 0 bridgehead atoms. The lowest BCUT2D eigenvalue weighted by atomic mass is 10.2. The fourth-order valence-electron chi connectivity index (χ4n) is 1.58. The minimum Gasteiger partial charge on any atom is -0.345 e. The second-order valence-electron chi connectivity index (χ2n) is 4.02. The van der Waals surface area contributed by atoms with Crippen LogP contribution in [0.25, 0.3) is 0 Å². The maximum Gasteiger partial charge on any atom is 0.253 e. The first-order chi connectivity index (χ1) is 9.20. The maximum atomic E-state index is 11.9. The van der Waals surface area contributed by atoms with E-state index in [9.17, 15) is 4.79 Å². The summed E-state index contributed by atoms with van der Waals surface area (Å²) in [6.07, 6.45) is 1.68. The lowest BCUT2D eigenvalue weighted by Gasteiger charge is -2.03. The first kappa shape index (κ1) is 13.5. The van der Waals surface area contributed by atoms with Crippen LogP contribution < -0.4 is 5.32 Å². The number of aryl methyl sites for hydroxylation is 1. The monoisotopic (exact) mass is 279 g/mol. The minimum absolute atomic E-state index is 0.220. The Balaban J connectivity index is 1.95. The zero-order valence-corrected chi connectivity index (χ0v) is 11.3. The van der Waals surface area contributed by atoms with E-state index in [1.54, 1.807) is 24.3 Å². The number of nitrogens with zero attached hydrogens (tertiary/aromatic N) is 2. The molecule has 5 nitrogen and oxygen atoms in total. The van der Waals surface area contributed by atoms with Crippen LogP contribution in [0.4, 0.5) is 0 Å². The zero-order chi connectivity index (χ0) is 13.7. The van der Waals surface area contributed by atoms with E-state index in [2.05, 4.69) is 15.5 Å². The van der Waals surface area contributed by atoms with E-state index < -0.39 is 0 Å². The van der Waals surface area contributed by atoms with Gasteiger partial charge in [0.15, 0.2) is 5.82 Å². The molecule has 6 heteroatoms.